The molecule has 5 nitrogen and oxygen atoms in total. The summed E-state index contributed by atoms with van der Waals surface area (Å²) >= 11 is 0. The smallest absolute Gasteiger partial charge is 0.263 e. The van der Waals surface area contributed by atoms with Crippen LogP contribution >= 0.6 is 0 Å². The van der Waals surface area contributed by atoms with Crippen LogP contribution in [-0.2, 0) is 0 Å². The average Bonchev–Trinajstić information content (AvgIpc) is 2.27. The first-order valence-electron chi connectivity index (χ1n) is 3.90. The summed E-state index contributed by atoms with van der Waals surface area (Å²) in [7, 11) is 0. The maximum Gasteiger partial charge on any atom is 0.316 e. The summed E-state index contributed by atoms with van der Waals surface area (Å²) < 4.78 is 0. The molecule has 1 aromatic heterocycles. The van der Waals surface area contributed by atoms with Gasteiger partial charge in [0.2, 0.25) is 0 Å². The van der Waals surface area contributed by atoms with Gasteiger partial charge < -0.3 is 0 Å². The summed E-state index contributed by atoms with van der Waals surface area (Å²) in [4.78, 5) is 29.0. The molecule has 0 fully saturated rings. The van der Waals surface area contributed by atoms with Crippen LogP contribution in [0.2, 0.25) is 0 Å². The van der Waals surface area contributed by atoms with Crippen LogP contribution in [0.5, 0.6) is 0 Å². The van der Waals surface area contributed by atoms with Crippen molar-refractivity contribution in [3.8, 4) is 0 Å². The lowest BCUT2D eigenvalue weighted by Gasteiger charge is -1.96. The summed E-state index contributed by atoms with van der Waals surface area (Å²) in [5.74, 6) is -0.794. The first kappa shape index (κ1) is 8.43. The molecular formula is C9H5N3O2. The number of carbonyl (C=O) groups excluding carboxylic acids is 1. The Morgan fingerprint density at radius 3 is 2.57 bits per heavy atom. The van der Waals surface area contributed by atoms with E-state index in [0.717, 1.165) is 0 Å². The minimum absolute atomic E-state index is 0.230. The second kappa shape index (κ2) is 3.29. The van der Waals surface area contributed by atoms with Crippen LogP contribution in [0.1, 0.15) is 10.4 Å². The third-order valence-electron chi connectivity index (χ3n) is 1.80. The van der Waals surface area contributed by atoms with Crippen LogP contribution in [0.4, 0.5) is 0 Å². The predicted octanol–water partition coefficient (Wildman–Crippen LogP) is 1.54. The number of fused-ring (bicyclic) bond motifs is 1. The van der Waals surface area contributed by atoms with Gasteiger partial charge in [0, 0.05) is 23.1 Å². The molecular weight excluding hydrogens is 182 g/mol. The lowest BCUT2D eigenvalue weighted by atomic mass is 10.2. The number of carbonyl (C=O) groups is 1. The molecule has 0 saturated heterocycles. The van der Waals surface area contributed by atoms with E-state index in [1.54, 1.807) is 12.3 Å². The molecule has 0 unspecified atom stereocenters. The summed E-state index contributed by atoms with van der Waals surface area (Å²) in [6, 6.07) is 4.62. The van der Waals surface area contributed by atoms with Gasteiger partial charge in [0.25, 0.3) is 0 Å². The van der Waals surface area contributed by atoms with Gasteiger partial charge in [-0.1, -0.05) is 0 Å². The van der Waals surface area contributed by atoms with Crippen molar-refractivity contribution in [2.45, 2.75) is 0 Å². The topological polar surface area (TPSA) is 72.3 Å². The Morgan fingerprint density at radius 1 is 1.14 bits per heavy atom. The lowest BCUT2D eigenvalue weighted by molar-refractivity contribution is 0.100. The van der Waals surface area contributed by atoms with Crippen molar-refractivity contribution in [2.75, 3.05) is 0 Å². The van der Waals surface area contributed by atoms with E-state index in [4.69, 9.17) is 0 Å². The van der Waals surface area contributed by atoms with Gasteiger partial charge in [0.05, 0.1) is 11.0 Å². The SMILES string of the molecule is O=NC(=O)c1ccc2nccnc2c1. The largest absolute Gasteiger partial charge is 0.316 e. The van der Waals surface area contributed by atoms with Crippen LogP contribution in [0.3, 0.4) is 0 Å². The Morgan fingerprint density at radius 2 is 1.86 bits per heavy atom. The van der Waals surface area contributed by atoms with Crippen molar-refractivity contribution in [3.63, 3.8) is 0 Å². The molecule has 0 spiro atoms. The van der Waals surface area contributed by atoms with Crippen molar-refractivity contribution in [2.24, 2.45) is 5.18 Å². The van der Waals surface area contributed by atoms with E-state index >= 15 is 0 Å². The molecule has 14 heavy (non-hydrogen) atoms. The minimum Gasteiger partial charge on any atom is -0.263 e. The van der Waals surface area contributed by atoms with Crippen LogP contribution in [0, 0.1) is 4.91 Å². The van der Waals surface area contributed by atoms with Gasteiger partial charge in [-0.15, -0.1) is 4.91 Å². The summed E-state index contributed by atoms with van der Waals surface area (Å²) in [6.07, 6.45) is 3.08. The molecule has 2 aromatic rings. The lowest BCUT2D eigenvalue weighted by Crippen LogP contribution is -1.94. The molecule has 0 aliphatic heterocycles. The van der Waals surface area contributed by atoms with Gasteiger partial charge in [-0.3, -0.25) is 14.8 Å². The molecule has 0 atom stereocenters. The Hall–Kier alpha value is -2.17. The van der Waals surface area contributed by atoms with Crippen molar-refractivity contribution in [1.82, 2.24) is 9.97 Å². The van der Waals surface area contributed by atoms with E-state index in [2.05, 4.69) is 15.1 Å². The van der Waals surface area contributed by atoms with E-state index < -0.39 is 5.91 Å². The molecule has 2 rings (SSSR count). The van der Waals surface area contributed by atoms with Crippen molar-refractivity contribution < 1.29 is 4.79 Å². The Balaban J connectivity index is 2.62. The van der Waals surface area contributed by atoms with Crippen LogP contribution in [0.15, 0.2) is 35.8 Å². The molecule has 68 valence electrons. The molecule has 1 aromatic carbocycles. The number of nitroso groups, excluding NO2 is 1. The van der Waals surface area contributed by atoms with E-state index in [0.29, 0.717) is 11.0 Å². The summed E-state index contributed by atoms with van der Waals surface area (Å²) in [6.45, 7) is 0. The molecule has 1 heterocycles. The zero-order chi connectivity index (χ0) is 9.97. The number of amides is 1. The minimum atomic E-state index is -0.794. The van der Waals surface area contributed by atoms with Gasteiger partial charge in [-0.2, -0.15) is 0 Å². The number of aromatic nitrogens is 2. The first-order chi connectivity index (χ1) is 6.81. The zero-order valence-electron chi connectivity index (χ0n) is 7.04. The maximum atomic E-state index is 10.9. The van der Waals surface area contributed by atoms with Crippen molar-refractivity contribution in [1.29, 1.82) is 0 Å². The number of hydrogen-bond donors (Lipinski definition) is 0. The molecule has 0 saturated carbocycles. The number of rotatable bonds is 1. The first-order valence-corrected chi connectivity index (χ1v) is 3.90. The van der Waals surface area contributed by atoms with Crippen molar-refractivity contribution >= 4 is 16.9 Å². The van der Waals surface area contributed by atoms with E-state index in [9.17, 15) is 9.70 Å². The molecule has 0 radical (unpaired) electrons. The second-order valence-corrected chi connectivity index (χ2v) is 2.66. The Labute approximate surface area is 78.8 Å². The monoisotopic (exact) mass is 187 g/mol. The van der Waals surface area contributed by atoms with E-state index in [1.807, 2.05) is 0 Å². The molecule has 0 bridgehead atoms. The van der Waals surface area contributed by atoms with Gasteiger partial charge in [-0.05, 0) is 18.2 Å². The molecule has 0 N–H and O–H groups in total. The molecule has 5 heteroatoms. The Kier molecular flexibility index (Phi) is 1.98. The normalized spacial score (nSPS) is 10.0. The molecule has 1 amide bonds. The fourth-order valence-corrected chi connectivity index (χ4v) is 1.15. The highest BCUT2D eigenvalue weighted by Crippen LogP contribution is 2.11. The zero-order valence-corrected chi connectivity index (χ0v) is 7.04. The van der Waals surface area contributed by atoms with Crippen molar-refractivity contribution in [3.05, 3.63) is 41.1 Å². The van der Waals surface area contributed by atoms with E-state index in [1.165, 1.54) is 18.3 Å². The Bertz CT molecular complexity index is 510. The number of hydrogen-bond acceptors (Lipinski definition) is 4. The third kappa shape index (κ3) is 1.35. The highest BCUT2D eigenvalue weighted by Gasteiger charge is 2.06. The van der Waals surface area contributed by atoms with Crippen LogP contribution in [0.25, 0.3) is 11.0 Å². The molecule has 0 aliphatic rings. The second-order valence-electron chi connectivity index (χ2n) is 2.66. The fraction of sp³-hybridized carbons (Fsp3) is 0. The highest BCUT2D eigenvalue weighted by molar-refractivity contribution is 5.97. The molecule has 0 aliphatic carbocycles. The summed E-state index contributed by atoms with van der Waals surface area (Å²) in [5.41, 5.74) is 1.48. The van der Waals surface area contributed by atoms with Crippen LogP contribution < -0.4 is 0 Å². The average molecular weight is 187 g/mol. The predicted molar refractivity (Wildman–Crippen MR) is 49.7 cm³/mol. The van der Waals surface area contributed by atoms with Crippen LogP contribution in [-0.4, -0.2) is 15.9 Å². The summed E-state index contributed by atoms with van der Waals surface area (Å²) in [5, 5.41) is 2.33. The maximum absolute atomic E-state index is 10.9. The quantitative estimate of drug-likeness (QED) is 0.634. The van der Waals surface area contributed by atoms with Gasteiger partial charge >= 0.3 is 5.91 Å². The number of nitrogens with zero attached hydrogens (tertiary/aromatic N) is 3. The highest BCUT2D eigenvalue weighted by atomic mass is 16.3. The standard InChI is InChI=1S/C9H5N3O2/c13-9(12-14)6-1-2-7-8(5-6)11-4-3-10-7/h1-5H. The van der Waals surface area contributed by atoms with Gasteiger partial charge in [0.1, 0.15) is 0 Å². The third-order valence-corrected chi connectivity index (χ3v) is 1.80. The van der Waals surface area contributed by atoms with E-state index in [-0.39, 0.29) is 5.56 Å². The fourth-order valence-electron chi connectivity index (χ4n) is 1.15. The number of benzene rings is 1. The van der Waals surface area contributed by atoms with Gasteiger partial charge in [-0.25, -0.2) is 0 Å². The van der Waals surface area contributed by atoms with Gasteiger partial charge in [0.15, 0.2) is 0 Å².